The Kier molecular flexibility index (Phi) is 5.94. The Bertz CT molecular complexity index is 249. The molecule has 1 saturated heterocycles. The number of hydrogen-bond donors (Lipinski definition) is 1. The predicted molar refractivity (Wildman–Crippen MR) is 71.8 cm³/mol. The molecule has 98 valence electrons. The fraction of sp³-hybridized carbons (Fsp3) is 0.929. The standard InChI is InChI=1S/C14H27N3/c1-13(17-9-4-5-10-17)11-16-8-6-7-14(2,3)12-15/h13,16H,4-11H2,1-3H3. The molecule has 1 unspecified atom stereocenters. The molecule has 17 heavy (non-hydrogen) atoms. The van der Waals surface area contributed by atoms with E-state index >= 15 is 0 Å². The number of nitrogens with zero attached hydrogens (tertiary/aromatic N) is 2. The molecule has 0 saturated carbocycles. The van der Waals surface area contributed by atoms with Gasteiger partial charge in [0.05, 0.1) is 11.5 Å². The lowest BCUT2D eigenvalue weighted by Gasteiger charge is -2.24. The zero-order valence-electron chi connectivity index (χ0n) is 11.6. The average molecular weight is 237 g/mol. The van der Waals surface area contributed by atoms with Crippen molar-refractivity contribution in [2.45, 2.75) is 52.5 Å². The van der Waals surface area contributed by atoms with Crippen LogP contribution in [0.5, 0.6) is 0 Å². The number of hydrogen-bond acceptors (Lipinski definition) is 3. The van der Waals surface area contributed by atoms with Crippen LogP contribution in [0.1, 0.15) is 46.5 Å². The molecule has 0 aliphatic carbocycles. The summed E-state index contributed by atoms with van der Waals surface area (Å²) in [6, 6.07) is 3.00. The maximum atomic E-state index is 8.91. The highest BCUT2D eigenvalue weighted by atomic mass is 15.2. The lowest BCUT2D eigenvalue weighted by molar-refractivity contribution is 0.251. The molecule has 0 amide bonds. The second-order valence-electron chi connectivity index (χ2n) is 5.90. The highest BCUT2D eigenvalue weighted by molar-refractivity contribution is 4.91. The summed E-state index contributed by atoms with van der Waals surface area (Å²) in [5.41, 5.74) is -0.164. The van der Waals surface area contributed by atoms with Gasteiger partial charge in [-0.3, -0.25) is 4.90 Å². The summed E-state index contributed by atoms with van der Waals surface area (Å²) in [5, 5.41) is 12.4. The second kappa shape index (κ2) is 6.98. The first-order valence-electron chi connectivity index (χ1n) is 6.91. The monoisotopic (exact) mass is 237 g/mol. The van der Waals surface area contributed by atoms with E-state index in [9.17, 15) is 0 Å². The van der Waals surface area contributed by atoms with Crippen LogP contribution in [0.25, 0.3) is 0 Å². The summed E-state index contributed by atoms with van der Waals surface area (Å²) in [6.45, 7) is 11.0. The van der Waals surface area contributed by atoms with E-state index in [-0.39, 0.29) is 5.41 Å². The summed E-state index contributed by atoms with van der Waals surface area (Å²) in [6.07, 6.45) is 4.79. The van der Waals surface area contributed by atoms with Crippen LogP contribution in [0.3, 0.4) is 0 Å². The van der Waals surface area contributed by atoms with Gasteiger partial charge in [-0.05, 0) is 66.1 Å². The van der Waals surface area contributed by atoms with E-state index in [1.807, 2.05) is 13.8 Å². The van der Waals surface area contributed by atoms with Gasteiger partial charge in [0.15, 0.2) is 0 Å². The van der Waals surface area contributed by atoms with Crippen molar-refractivity contribution in [3.63, 3.8) is 0 Å². The molecular weight excluding hydrogens is 210 g/mol. The fourth-order valence-corrected chi connectivity index (χ4v) is 2.33. The lowest BCUT2D eigenvalue weighted by Crippen LogP contribution is -2.38. The summed E-state index contributed by atoms with van der Waals surface area (Å²) in [7, 11) is 0. The first-order chi connectivity index (χ1) is 8.05. The maximum Gasteiger partial charge on any atom is 0.0683 e. The van der Waals surface area contributed by atoms with Crippen molar-refractivity contribution in [1.82, 2.24) is 10.2 Å². The van der Waals surface area contributed by atoms with Crippen LogP contribution in [0.2, 0.25) is 0 Å². The predicted octanol–water partition coefficient (Wildman–Crippen LogP) is 2.39. The van der Waals surface area contributed by atoms with Crippen molar-refractivity contribution >= 4 is 0 Å². The zero-order chi connectivity index (χ0) is 12.7. The highest BCUT2D eigenvalue weighted by Crippen LogP contribution is 2.19. The minimum absolute atomic E-state index is 0.164. The largest absolute Gasteiger partial charge is 0.315 e. The molecule has 3 nitrogen and oxygen atoms in total. The molecule has 3 heteroatoms. The molecule has 1 atom stereocenters. The smallest absolute Gasteiger partial charge is 0.0683 e. The van der Waals surface area contributed by atoms with E-state index in [4.69, 9.17) is 5.26 Å². The van der Waals surface area contributed by atoms with Gasteiger partial charge in [0, 0.05) is 12.6 Å². The molecule has 1 aliphatic rings. The van der Waals surface area contributed by atoms with E-state index in [1.54, 1.807) is 0 Å². The Hall–Kier alpha value is -0.590. The molecule has 0 spiro atoms. The van der Waals surface area contributed by atoms with Gasteiger partial charge in [0.2, 0.25) is 0 Å². The molecule has 1 aliphatic heterocycles. The Morgan fingerprint density at radius 3 is 2.59 bits per heavy atom. The van der Waals surface area contributed by atoms with E-state index in [2.05, 4.69) is 23.2 Å². The number of rotatable bonds is 7. The van der Waals surface area contributed by atoms with Crippen LogP contribution in [-0.4, -0.2) is 37.1 Å². The first kappa shape index (κ1) is 14.5. The van der Waals surface area contributed by atoms with Gasteiger partial charge in [0.1, 0.15) is 0 Å². The highest BCUT2D eigenvalue weighted by Gasteiger charge is 2.18. The van der Waals surface area contributed by atoms with Gasteiger partial charge in [-0.25, -0.2) is 0 Å². The lowest BCUT2D eigenvalue weighted by atomic mass is 9.90. The van der Waals surface area contributed by atoms with E-state index in [0.29, 0.717) is 6.04 Å². The third-order valence-electron chi connectivity index (χ3n) is 3.66. The summed E-state index contributed by atoms with van der Waals surface area (Å²) in [4.78, 5) is 2.56. The van der Waals surface area contributed by atoms with Crippen molar-refractivity contribution in [3.05, 3.63) is 0 Å². The van der Waals surface area contributed by atoms with Crippen molar-refractivity contribution in [1.29, 1.82) is 5.26 Å². The van der Waals surface area contributed by atoms with E-state index < -0.39 is 0 Å². The molecule has 1 fully saturated rings. The second-order valence-corrected chi connectivity index (χ2v) is 5.90. The molecule has 1 rings (SSSR count). The van der Waals surface area contributed by atoms with Gasteiger partial charge in [0.25, 0.3) is 0 Å². The van der Waals surface area contributed by atoms with E-state index in [1.165, 1.54) is 25.9 Å². The van der Waals surface area contributed by atoms with Gasteiger partial charge >= 0.3 is 0 Å². The Morgan fingerprint density at radius 2 is 2.00 bits per heavy atom. The van der Waals surface area contributed by atoms with Gasteiger partial charge in [-0.15, -0.1) is 0 Å². The molecule has 0 radical (unpaired) electrons. The Morgan fingerprint density at radius 1 is 1.35 bits per heavy atom. The summed E-state index contributed by atoms with van der Waals surface area (Å²) < 4.78 is 0. The molecule has 0 aromatic carbocycles. The van der Waals surface area contributed by atoms with Crippen LogP contribution in [0.4, 0.5) is 0 Å². The third-order valence-corrected chi connectivity index (χ3v) is 3.66. The van der Waals surface area contributed by atoms with Gasteiger partial charge in [-0.1, -0.05) is 0 Å². The van der Waals surface area contributed by atoms with Gasteiger partial charge in [-0.2, -0.15) is 5.26 Å². The minimum Gasteiger partial charge on any atom is -0.315 e. The average Bonchev–Trinajstić information content (AvgIpc) is 2.82. The first-order valence-corrected chi connectivity index (χ1v) is 6.91. The molecular formula is C14H27N3. The molecule has 1 heterocycles. The molecule has 0 aromatic rings. The number of nitriles is 1. The maximum absolute atomic E-state index is 8.91. The summed E-state index contributed by atoms with van der Waals surface area (Å²) in [5.74, 6) is 0. The van der Waals surface area contributed by atoms with Crippen molar-refractivity contribution in [2.75, 3.05) is 26.2 Å². The molecule has 1 N–H and O–H groups in total. The van der Waals surface area contributed by atoms with Crippen LogP contribution < -0.4 is 5.32 Å². The summed E-state index contributed by atoms with van der Waals surface area (Å²) >= 11 is 0. The normalized spacial score (nSPS) is 19.2. The van der Waals surface area contributed by atoms with Crippen molar-refractivity contribution < 1.29 is 0 Å². The minimum atomic E-state index is -0.164. The van der Waals surface area contributed by atoms with Crippen molar-refractivity contribution in [3.8, 4) is 6.07 Å². The molecule has 0 aromatic heterocycles. The topological polar surface area (TPSA) is 39.1 Å². The van der Waals surface area contributed by atoms with Crippen LogP contribution in [0.15, 0.2) is 0 Å². The Labute approximate surface area is 106 Å². The van der Waals surface area contributed by atoms with E-state index in [0.717, 1.165) is 25.9 Å². The van der Waals surface area contributed by atoms with Crippen LogP contribution in [0, 0.1) is 16.7 Å². The SMILES string of the molecule is CC(CNCCCC(C)(C)C#N)N1CCCC1. The van der Waals surface area contributed by atoms with Gasteiger partial charge < -0.3 is 5.32 Å². The quantitative estimate of drug-likeness (QED) is 0.691. The van der Waals surface area contributed by atoms with Crippen molar-refractivity contribution in [2.24, 2.45) is 5.41 Å². The van der Waals surface area contributed by atoms with Crippen LogP contribution in [-0.2, 0) is 0 Å². The van der Waals surface area contributed by atoms with Crippen LogP contribution >= 0.6 is 0 Å². The number of likely N-dealkylation sites (tertiary alicyclic amines) is 1. The Balaban J connectivity index is 2.02. The fourth-order valence-electron chi connectivity index (χ4n) is 2.33. The number of nitrogens with one attached hydrogen (secondary N) is 1. The molecule has 0 bridgehead atoms. The zero-order valence-corrected chi connectivity index (χ0v) is 11.6. The third kappa shape index (κ3) is 5.52.